The molecule has 5 heteroatoms. The van der Waals surface area contributed by atoms with E-state index in [1.165, 1.54) is 11.1 Å². The lowest BCUT2D eigenvalue weighted by molar-refractivity contribution is 0.758. The molecule has 0 unspecified atom stereocenters. The Kier molecular flexibility index (Phi) is 3.41. The number of aromatic nitrogens is 2. The first-order valence-electron chi connectivity index (χ1n) is 4.99. The van der Waals surface area contributed by atoms with Crippen molar-refractivity contribution in [3.63, 3.8) is 0 Å². The van der Waals surface area contributed by atoms with E-state index in [-0.39, 0.29) is 10.7 Å². The molecule has 2 aromatic heterocycles. The number of nitrogens with zero attached hydrogens (tertiary/aromatic N) is 2. The summed E-state index contributed by atoms with van der Waals surface area (Å²) in [6.07, 6.45) is 4.22. The fraction of sp³-hybridized carbons (Fsp3) is 0.273. The molecule has 0 aliphatic heterocycles. The van der Waals surface area contributed by atoms with Gasteiger partial charge in [0.15, 0.2) is 5.15 Å². The molecule has 2 aromatic rings. The molecule has 0 aliphatic rings. The summed E-state index contributed by atoms with van der Waals surface area (Å²) < 4.78 is 1.57. The van der Waals surface area contributed by atoms with E-state index in [4.69, 9.17) is 11.6 Å². The lowest BCUT2D eigenvalue weighted by atomic mass is 10.3. The molecule has 0 radical (unpaired) electrons. The van der Waals surface area contributed by atoms with Gasteiger partial charge in [0.2, 0.25) is 0 Å². The van der Waals surface area contributed by atoms with E-state index in [1.54, 1.807) is 22.1 Å². The summed E-state index contributed by atoms with van der Waals surface area (Å²) in [5, 5.41) is 0.0229. The highest BCUT2D eigenvalue weighted by molar-refractivity contribution is 7.11. The quantitative estimate of drug-likeness (QED) is 0.844. The van der Waals surface area contributed by atoms with Gasteiger partial charge in [-0.2, -0.15) is 0 Å². The third kappa shape index (κ3) is 2.33. The van der Waals surface area contributed by atoms with Crippen LogP contribution in [0.5, 0.6) is 0 Å². The van der Waals surface area contributed by atoms with Crippen molar-refractivity contribution in [1.82, 2.24) is 9.55 Å². The Morgan fingerprint density at radius 3 is 2.88 bits per heavy atom. The second-order valence-corrected chi connectivity index (χ2v) is 4.98. The predicted octanol–water partition coefficient (Wildman–Crippen LogP) is 2.57. The molecule has 0 N–H and O–H groups in total. The van der Waals surface area contributed by atoms with Crippen molar-refractivity contribution in [2.75, 3.05) is 0 Å². The standard InChI is InChI=1S/C11H11ClN2OS/c1-2-8-3-4-9(16-8)7-14-6-5-13-10(12)11(14)15/h3-6H,2,7H2,1H3. The number of aryl methyl sites for hydroxylation is 1. The predicted molar refractivity (Wildman–Crippen MR) is 66.3 cm³/mol. The summed E-state index contributed by atoms with van der Waals surface area (Å²) in [5.41, 5.74) is -0.240. The van der Waals surface area contributed by atoms with Crippen LogP contribution in [0.2, 0.25) is 5.15 Å². The topological polar surface area (TPSA) is 34.9 Å². The molecule has 84 valence electrons. The molecule has 2 heterocycles. The number of hydrogen-bond acceptors (Lipinski definition) is 3. The van der Waals surface area contributed by atoms with Crippen LogP contribution in [-0.4, -0.2) is 9.55 Å². The van der Waals surface area contributed by atoms with Crippen molar-refractivity contribution in [2.24, 2.45) is 0 Å². The third-order valence-electron chi connectivity index (χ3n) is 2.26. The molecule has 0 fully saturated rings. The molecule has 2 rings (SSSR count). The summed E-state index contributed by atoms with van der Waals surface area (Å²) in [6, 6.07) is 4.14. The largest absolute Gasteiger partial charge is 0.306 e. The number of hydrogen-bond donors (Lipinski definition) is 0. The first kappa shape index (κ1) is 11.4. The Morgan fingerprint density at radius 2 is 2.19 bits per heavy atom. The summed E-state index contributed by atoms with van der Waals surface area (Å²) >= 11 is 7.39. The van der Waals surface area contributed by atoms with Crippen molar-refractivity contribution < 1.29 is 0 Å². The Balaban J connectivity index is 2.27. The van der Waals surface area contributed by atoms with Gasteiger partial charge in [-0.15, -0.1) is 11.3 Å². The minimum Gasteiger partial charge on any atom is -0.306 e. The summed E-state index contributed by atoms with van der Waals surface area (Å²) in [4.78, 5) is 17.8. The maximum absolute atomic E-state index is 11.6. The third-order valence-corrected chi connectivity index (χ3v) is 3.74. The molecule has 0 atom stereocenters. The van der Waals surface area contributed by atoms with E-state index >= 15 is 0 Å². The highest BCUT2D eigenvalue weighted by Crippen LogP contribution is 2.17. The van der Waals surface area contributed by atoms with Crippen molar-refractivity contribution in [3.8, 4) is 0 Å². The number of rotatable bonds is 3. The van der Waals surface area contributed by atoms with Gasteiger partial charge in [0, 0.05) is 22.1 Å². The lowest BCUT2D eigenvalue weighted by Crippen LogP contribution is -2.20. The summed E-state index contributed by atoms with van der Waals surface area (Å²) in [6.45, 7) is 2.68. The second kappa shape index (κ2) is 4.80. The van der Waals surface area contributed by atoms with Gasteiger partial charge in [0.25, 0.3) is 5.56 Å². The summed E-state index contributed by atoms with van der Waals surface area (Å²) in [7, 11) is 0. The zero-order valence-corrected chi connectivity index (χ0v) is 10.4. The summed E-state index contributed by atoms with van der Waals surface area (Å²) in [5.74, 6) is 0. The molecular formula is C11H11ClN2OS. The van der Waals surface area contributed by atoms with E-state index < -0.39 is 0 Å². The van der Waals surface area contributed by atoms with Gasteiger partial charge in [0.05, 0.1) is 6.54 Å². The van der Waals surface area contributed by atoms with Gasteiger partial charge < -0.3 is 4.57 Å². The van der Waals surface area contributed by atoms with Crippen molar-refractivity contribution in [3.05, 3.63) is 49.8 Å². The van der Waals surface area contributed by atoms with Crippen molar-refractivity contribution in [2.45, 2.75) is 19.9 Å². The fourth-order valence-electron chi connectivity index (χ4n) is 1.41. The van der Waals surface area contributed by atoms with Crippen LogP contribution in [0.15, 0.2) is 29.3 Å². The molecule has 0 aromatic carbocycles. The van der Waals surface area contributed by atoms with E-state index in [1.807, 2.05) is 6.07 Å². The molecule has 0 saturated carbocycles. The maximum atomic E-state index is 11.6. The first-order chi connectivity index (χ1) is 7.70. The van der Waals surface area contributed by atoms with Crippen LogP contribution in [-0.2, 0) is 13.0 Å². The lowest BCUT2D eigenvalue weighted by Gasteiger charge is -2.02. The van der Waals surface area contributed by atoms with Crippen molar-refractivity contribution >= 4 is 22.9 Å². The minimum absolute atomic E-state index is 0.0229. The van der Waals surface area contributed by atoms with E-state index in [0.29, 0.717) is 6.54 Å². The Morgan fingerprint density at radius 1 is 1.44 bits per heavy atom. The first-order valence-corrected chi connectivity index (χ1v) is 6.18. The molecule has 0 amide bonds. The van der Waals surface area contributed by atoms with Gasteiger partial charge in [-0.3, -0.25) is 4.79 Å². The maximum Gasteiger partial charge on any atom is 0.288 e. The molecule has 3 nitrogen and oxygen atoms in total. The Hall–Kier alpha value is -1.13. The van der Waals surface area contributed by atoms with Crippen LogP contribution in [0.3, 0.4) is 0 Å². The second-order valence-electron chi connectivity index (χ2n) is 3.37. The van der Waals surface area contributed by atoms with Crippen LogP contribution in [0.25, 0.3) is 0 Å². The molecular weight excluding hydrogens is 244 g/mol. The number of halogens is 1. The van der Waals surface area contributed by atoms with Gasteiger partial charge >= 0.3 is 0 Å². The monoisotopic (exact) mass is 254 g/mol. The molecule has 16 heavy (non-hydrogen) atoms. The normalized spacial score (nSPS) is 10.6. The minimum atomic E-state index is -0.240. The molecule has 0 saturated heterocycles. The molecule has 0 aliphatic carbocycles. The van der Waals surface area contributed by atoms with Gasteiger partial charge in [-0.25, -0.2) is 4.98 Å². The highest BCUT2D eigenvalue weighted by atomic mass is 35.5. The Bertz CT molecular complexity index is 547. The van der Waals surface area contributed by atoms with Crippen LogP contribution < -0.4 is 5.56 Å². The van der Waals surface area contributed by atoms with E-state index in [0.717, 1.165) is 11.3 Å². The zero-order valence-electron chi connectivity index (χ0n) is 8.81. The molecule has 0 bridgehead atoms. The van der Waals surface area contributed by atoms with Crippen LogP contribution in [0.1, 0.15) is 16.7 Å². The van der Waals surface area contributed by atoms with Crippen LogP contribution in [0.4, 0.5) is 0 Å². The molecule has 0 spiro atoms. The van der Waals surface area contributed by atoms with Crippen molar-refractivity contribution in [1.29, 1.82) is 0 Å². The average Bonchev–Trinajstić information content (AvgIpc) is 2.73. The van der Waals surface area contributed by atoms with Crippen LogP contribution >= 0.6 is 22.9 Å². The highest BCUT2D eigenvalue weighted by Gasteiger charge is 2.04. The number of thiophene rings is 1. The zero-order chi connectivity index (χ0) is 11.5. The average molecular weight is 255 g/mol. The smallest absolute Gasteiger partial charge is 0.288 e. The van der Waals surface area contributed by atoms with Crippen LogP contribution in [0, 0.1) is 0 Å². The SMILES string of the molecule is CCc1ccc(Cn2ccnc(Cl)c2=O)s1. The van der Waals surface area contributed by atoms with Gasteiger partial charge in [-0.1, -0.05) is 18.5 Å². The van der Waals surface area contributed by atoms with Gasteiger partial charge in [0.1, 0.15) is 0 Å². The fourth-order valence-corrected chi connectivity index (χ4v) is 2.53. The van der Waals surface area contributed by atoms with E-state index in [9.17, 15) is 4.79 Å². The van der Waals surface area contributed by atoms with Gasteiger partial charge in [-0.05, 0) is 18.6 Å². The Labute approximate surface area is 102 Å². The van der Waals surface area contributed by atoms with E-state index in [2.05, 4.69) is 18.0 Å².